The van der Waals surface area contributed by atoms with E-state index in [4.69, 9.17) is 6.27 Å². The van der Waals surface area contributed by atoms with Crippen molar-refractivity contribution in [3.8, 4) is 0 Å². The second-order valence-corrected chi connectivity index (χ2v) is 0. The molecule has 0 radical (unpaired) electrons. The molecule has 4 heavy (non-hydrogen) atoms. The summed E-state index contributed by atoms with van der Waals surface area (Å²) in [6, 6.07) is 0. The maximum atomic E-state index is 8.38. The standard InChI is InChI=1S/Al.2O.Pu.H. The summed E-state index contributed by atoms with van der Waals surface area (Å²) in [6.45, 7) is 0. The fourth-order valence-corrected chi connectivity index (χ4v) is 0. The van der Waals surface area contributed by atoms with E-state index < -0.39 is 0 Å². The number of hydrogen-bond acceptors (Lipinski definition) is 2. The molecule has 0 N–H and O–H groups in total. The summed E-state index contributed by atoms with van der Waals surface area (Å²) in [5, 5.41) is 0. The molecule has 0 atom stereocenters. The maximum absolute atomic E-state index is 8.38. The summed E-state index contributed by atoms with van der Waals surface area (Å²) in [4.78, 5) is 0. The van der Waals surface area contributed by atoms with E-state index in [1.54, 1.807) is 0 Å². The summed E-state index contributed by atoms with van der Waals surface area (Å²) in [5.74, 6) is 0. The van der Waals surface area contributed by atoms with Gasteiger partial charge in [0.1, 0.15) is 0 Å². The molecule has 0 bridgehead atoms. The fourth-order valence-electron chi connectivity index (χ4n) is 0. The minimum absolute atomic E-state index is 0.112. The molecule has 0 unspecified atom stereocenters. The Balaban J connectivity index is 0. The Morgan fingerprint density at radius 3 is 1.25 bits per heavy atom. The first kappa shape index (κ1) is 8.93. The Hall–Kier alpha value is 1.12. The van der Waals surface area contributed by atoms with Crippen LogP contribution in [-0.2, 0) is 6.27 Å². The van der Waals surface area contributed by atoms with Crippen LogP contribution in [0.15, 0.2) is 0 Å². The van der Waals surface area contributed by atoms with E-state index in [2.05, 4.69) is 0 Å². The van der Waals surface area contributed by atoms with Gasteiger partial charge in [-0.05, 0) is 0 Å². The van der Waals surface area contributed by atoms with Crippen molar-refractivity contribution in [3.63, 3.8) is 0 Å². The van der Waals surface area contributed by atoms with Gasteiger partial charge >= 0.3 is 50.1 Å². The number of hydrogen-bond donors (Lipinski definition) is 0. The van der Waals surface area contributed by atoms with Crippen molar-refractivity contribution in [2.45, 2.75) is 0 Å². The van der Waals surface area contributed by atoms with Crippen LogP contribution in [0, 0.1) is 27.6 Å². The summed E-state index contributed by atoms with van der Waals surface area (Å²) in [5.41, 5.74) is 0. The van der Waals surface area contributed by atoms with Gasteiger partial charge in [0.2, 0.25) is 0 Å². The third-order valence-electron chi connectivity index (χ3n) is 0. The summed E-state index contributed by atoms with van der Waals surface area (Å²) in [7, 11) is 0. The van der Waals surface area contributed by atoms with E-state index in [0.717, 1.165) is 0 Å². The average molecular weight is 304 g/mol. The van der Waals surface area contributed by atoms with Crippen molar-refractivity contribution in [2.75, 3.05) is 0 Å². The molecule has 0 saturated heterocycles. The van der Waals surface area contributed by atoms with E-state index in [9.17, 15) is 0 Å². The van der Waals surface area contributed by atoms with Crippen molar-refractivity contribution in [1.82, 2.24) is 0 Å². The van der Waals surface area contributed by atoms with E-state index in [1.807, 2.05) is 0 Å². The molecule has 0 heterocycles. The first-order valence-electron chi connectivity index (χ1n) is 0.455. The van der Waals surface area contributed by atoms with E-state index in [0.29, 0.717) is 16.2 Å². The van der Waals surface area contributed by atoms with Crippen LogP contribution < -0.4 is 0 Å². The molecule has 0 saturated carbocycles. The van der Waals surface area contributed by atoms with Gasteiger partial charge in [-0.25, -0.2) is 0 Å². The Morgan fingerprint density at radius 1 is 1.25 bits per heavy atom. The second-order valence-electron chi connectivity index (χ2n) is 0. The SMILES string of the molecule is [O]=[AlH].[O]=[Pu]. The van der Waals surface area contributed by atoms with Gasteiger partial charge in [0.25, 0.3) is 0 Å². The van der Waals surface area contributed by atoms with Gasteiger partial charge in [-0.15, -0.1) is 0 Å². The van der Waals surface area contributed by atoms with E-state index in [1.165, 1.54) is 0 Å². The van der Waals surface area contributed by atoms with Crippen molar-refractivity contribution >= 4 is 16.2 Å². The Labute approximate surface area is 49.9 Å². The molecule has 0 aliphatic heterocycles. The molecule has 22 valence electrons. The zero-order chi connectivity index (χ0) is 4.00. The summed E-state index contributed by atoms with van der Waals surface area (Å²) in [6.07, 6.45) is 0. The van der Waals surface area contributed by atoms with Crippen LogP contribution in [-0.4, -0.2) is 16.2 Å². The molecule has 0 rings (SSSR count). The van der Waals surface area contributed by atoms with Crippen LogP contribution in [0.25, 0.3) is 0 Å². The van der Waals surface area contributed by atoms with Crippen molar-refractivity contribution in [1.29, 1.82) is 0 Å². The van der Waals surface area contributed by atoms with Crippen molar-refractivity contribution in [3.05, 3.63) is 0 Å². The Morgan fingerprint density at radius 2 is 1.25 bits per heavy atom. The van der Waals surface area contributed by atoms with Crippen LogP contribution >= 0.6 is 0 Å². The van der Waals surface area contributed by atoms with Gasteiger partial charge in [-0.3, -0.25) is 0 Å². The van der Waals surface area contributed by atoms with Crippen LogP contribution in [0.4, 0.5) is 0 Å². The topological polar surface area (TPSA) is 34.1 Å². The second kappa shape index (κ2) is 32.0. The summed E-state index contributed by atoms with van der Waals surface area (Å²) < 4.78 is 16.7. The third-order valence-corrected chi connectivity index (χ3v) is 0. The molecule has 0 aromatic rings. The first-order valence-corrected chi connectivity index (χ1v) is 2.42. The van der Waals surface area contributed by atoms with Gasteiger partial charge in [0.15, 0.2) is 0 Å². The molecule has 2 nitrogen and oxygen atoms in total. The quantitative estimate of drug-likeness (QED) is 0.544. The van der Waals surface area contributed by atoms with Gasteiger partial charge < -0.3 is 0 Å². The summed E-state index contributed by atoms with van der Waals surface area (Å²) >= 11 is 0.723. The predicted molar refractivity (Wildman–Crippen MR) is 8.52 cm³/mol. The predicted octanol–water partition coefficient (Wildman–Crippen LogP) is -0.886. The average Bonchev–Trinajstić information content (AvgIpc) is 1.50. The first-order chi connectivity index (χ1) is 2.00. The monoisotopic (exact) mass is 298 g/mol. The van der Waals surface area contributed by atoms with Crippen LogP contribution in [0.1, 0.15) is 0 Å². The molecular weight excluding hydrogens is 303 g/mol. The molecule has 0 aromatic heterocycles. The van der Waals surface area contributed by atoms with Crippen LogP contribution in [0.3, 0.4) is 0 Å². The van der Waals surface area contributed by atoms with Gasteiger partial charge in [-0.1, -0.05) is 0 Å². The molecule has 0 aliphatic carbocycles. The van der Waals surface area contributed by atoms with Gasteiger partial charge in [-0.2, -0.15) is 0 Å². The zero-order valence-corrected chi connectivity index (χ0v) is 6.75. The molecule has 0 amide bonds. The van der Waals surface area contributed by atoms with Crippen LogP contribution in [0.5, 0.6) is 0 Å². The molecule has 4 heteroatoms. The minimum atomic E-state index is 0.112. The van der Waals surface area contributed by atoms with Crippen molar-refractivity contribution < 1.29 is 33.9 Å². The van der Waals surface area contributed by atoms with Gasteiger partial charge in [0.05, 0.1) is 0 Å². The van der Waals surface area contributed by atoms with Crippen LogP contribution in [0.2, 0.25) is 0 Å². The Bertz CT molecular complexity index is 8.00. The molecule has 0 aliphatic rings. The number of rotatable bonds is 0. The Kier molecular flexibility index (Phi) is 71.4. The fraction of sp³-hybridized carbons (Fsp3) is 0. The van der Waals surface area contributed by atoms with Gasteiger partial charge in [0, 0.05) is 0 Å². The molecule has 0 spiro atoms. The van der Waals surface area contributed by atoms with E-state index >= 15 is 0 Å². The third kappa shape index (κ3) is 11.2. The molecule has 0 aromatic carbocycles. The zero-order valence-electron chi connectivity index (χ0n) is 1.93. The molecular formula is HAlO2Pu. The molecule has 0 fully saturated rings. The normalized spacial score (nSPS) is 2.25. The van der Waals surface area contributed by atoms with E-state index in [-0.39, 0.29) is 27.6 Å². The van der Waals surface area contributed by atoms with Crippen molar-refractivity contribution in [2.24, 2.45) is 0 Å².